The van der Waals surface area contributed by atoms with Crippen molar-refractivity contribution in [2.75, 3.05) is 9.80 Å². The van der Waals surface area contributed by atoms with E-state index in [4.69, 9.17) is 39.8 Å². The zero-order valence-corrected chi connectivity index (χ0v) is 25.5. The van der Waals surface area contributed by atoms with Crippen LogP contribution in [0.25, 0.3) is 16.3 Å². The zero-order valence-electron chi connectivity index (χ0n) is 21.6. The molecule has 2 aromatic heterocycles. The average Bonchev–Trinajstić information content (AvgIpc) is 3.56. The van der Waals surface area contributed by atoms with E-state index in [9.17, 15) is 9.59 Å². The van der Waals surface area contributed by atoms with Gasteiger partial charge in [-0.25, -0.2) is 4.98 Å². The number of hydrogen-bond donors (Lipinski definition) is 0. The molecule has 0 radical (unpaired) electrons. The average molecular weight is 637 g/mol. The van der Waals surface area contributed by atoms with Gasteiger partial charge in [0.25, 0.3) is 11.8 Å². The Kier molecular flexibility index (Phi) is 7.48. The Morgan fingerprint density at radius 2 is 1.49 bits per heavy atom. The van der Waals surface area contributed by atoms with Crippen LogP contribution in [0.2, 0.25) is 10.0 Å². The fraction of sp³-hybridized carbons (Fsp3) is 0.0667. The number of rotatable bonds is 5. The van der Waals surface area contributed by atoms with E-state index in [0.29, 0.717) is 32.3 Å². The summed E-state index contributed by atoms with van der Waals surface area (Å²) >= 11 is 21.4. The van der Waals surface area contributed by atoms with Crippen LogP contribution >= 0.6 is 58.5 Å². The summed E-state index contributed by atoms with van der Waals surface area (Å²) in [5.41, 5.74) is 3.34. The molecule has 41 heavy (non-hydrogen) atoms. The molecular formula is C30H19Cl2N3O3S3. The van der Waals surface area contributed by atoms with Crippen molar-refractivity contribution in [3.63, 3.8) is 0 Å². The summed E-state index contributed by atoms with van der Waals surface area (Å²) in [7, 11) is 0. The lowest BCUT2D eigenvalue weighted by molar-refractivity contribution is -0.120. The van der Waals surface area contributed by atoms with Crippen LogP contribution in [0.3, 0.4) is 0 Å². The monoisotopic (exact) mass is 635 g/mol. The molecule has 0 aliphatic carbocycles. The van der Waals surface area contributed by atoms with Gasteiger partial charge in [-0.15, -0.1) is 11.3 Å². The lowest BCUT2D eigenvalue weighted by Crippen LogP contribution is -2.57. The quantitative estimate of drug-likeness (QED) is 0.109. The number of hydrogen-bond acceptors (Lipinski definition) is 7. The van der Waals surface area contributed by atoms with Crippen molar-refractivity contribution in [2.45, 2.75) is 23.3 Å². The van der Waals surface area contributed by atoms with Crippen molar-refractivity contribution in [1.82, 2.24) is 4.98 Å². The summed E-state index contributed by atoms with van der Waals surface area (Å²) in [4.78, 5) is 34.9. The van der Waals surface area contributed by atoms with Crippen LogP contribution < -0.4 is 9.80 Å². The second kappa shape index (κ2) is 11.1. The summed E-state index contributed by atoms with van der Waals surface area (Å²) < 4.78 is 7.89. The summed E-state index contributed by atoms with van der Waals surface area (Å²) in [6, 6.07) is 21.7. The fourth-order valence-corrected chi connectivity index (χ4v) is 6.91. The van der Waals surface area contributed by atoms with Crippen LogP contribution in [0.1, 0.15) is 16.9 Å². The first-order valence-electron chi connectivity index (χ1n) is 12.3. The Hall–Kier alpha value is -3.47. The van der Waals surface area contributed by atoms with Crippen LogP contribution in [-0.2, 0) is 9.59 Å². The maximum absolute atomic E-state index is 13.8. The van der Waals surface area contributed by atoms with Crippen molar-refractivity contribution in [3.8, 4) is 0 Å². The maximum Gasteiger partial charge on any atom is 0.270 e. The highest BCUT2D eigenvalue weighted by Crippen LogP contribution is 2.37. The molecule has 11 heteroatoms. The summed E-state index contributed by atoms with van der Waals surface area (Å²) in [6.07, 6.45) is 1.43. The summed E-state index contributed by atoms with van der Waals surface area (Å²) in [5, 5.41) is 1.50. The summed E-state index contributed by atoms with van der Waals surface area (Å²) in [6.45, 7) is 3.72. The number of anilines is 2. The second-order valence-corrected chi connectivity index (χ2v) is 12.7. The number of thiazole rings is 1. The number of fused-ring (bicyclic) bond motifs is 1. The zero-order chi connectivity index (χ0) is 28.8. The molecule has 3 heterocycles. The van der Waals surface area contributed by atoms with E-state index < -0.39 is 11.8 Å². The van der Waals surface area contributed by atoms with Gasteiger partial charge < -0.3 is 4.42 Å². The molecule has 1 aliphatic rings. The molecule has 0 unspecified atom stereocenters. The third-order valence-electron chi connectivity index (χ3n) is 6.43. The first-order chi connectivity index (χ1) is 19.7. The van der Waals surface area contributed by atoms with E-state index in [0.717, 1.165) is 25.7 Å². The number of amides is 2. The Bertz CT molecular complexity index is 1800. The number of furan rings is 1. The highest BCUT2D eigenvalue weighted by Gasteiger charge is 2.41. The number of para-hydroxylation sites is 1. The number of benzene rings is 3. The van der Waals surface area contributed by atoms with Crippen LogP contribution in [0.5, 0.6) is 0 Å². The van der Waals surface area contributed by atoms with Gasteiger partial charge in [0.05, 0.1) is 21.6 Å². The van der Waals surface area contributed by atoms with E-state index >= 15 is 0 Å². The van der Waals surface area contributed by atoms with E-state index in [1.807, 2.05) is 38.1 Å². The van der Waals surface area contributed by atoms with Crippen molar-refractivity contribution in [1.29, 1.82) is 0 Å². The number of thiocarbonyl (C=S) groups is 1. The molecule has 0 N–H and O–H groups in total. The first kappa shape index (κ1) is 27.7. The van der Waals surface area contributed by atoms with Crippen molar-refractivity contribution in [3.05, 3.63) is 105 Å². The largest absolute Gasteiger partial charge is 0.450 e. The van der Waals surface area contributed by atoms with Gasteiger partial charge >= 0.3 is 0 Å². The third-order valence-corrected chi connectivity index (χ3v) is 9.62. The Morgan fingerprint density at radius 1 is 0.878 bits per heavy atom. The molecule has 6 rings (SSSR count). The van der Waals surface area contributed by atoms with Crippen molar-refractivity contribution in [2.24, 2.45) is 0 Å². The Labute approximate surface area is 259 Å². The van der Waals surface area contributed by atoms with Crippen LogP contribution in [0.15, 0.2) is 92.2 Å². The lowest BCUT2D eigenvalue weighted by atomic mass is 10.1. The highest BCUT2D eigenvalue weighted by molar-refractivity contribution is 8.01. The second-order valence-electron chi connectivity index (χ2n) is 9.20. The summed E-state index contributed by atoms with van der Waals surface area (Å²) in [5.74, 6) is -0.848. The van der Waals surface area contributed by atoms with Gasteiger partial charge in [-0.2, -0.15) is 0 Å². The Morgan fingerprint density at radius 3 is 2.07 bits per heavy atom. The van der Waals surface area contributed by atoms with Gasteiger partial charge in [0, 0.05) is 10.0 Å². The molecule has 1 fully saturated rings. The van der Waals surface area contributed by atoms with Crippen LogP contribution in [0.4, 0.5) is 11.4 Å². The molecule has 5 aromatic rings. The van der Waals surface area contributed by atoms with Crippen molar-refractivity contribution >= 4 is 103 Å². The van der Waals surface area contributed by atoms with E-state index in [-0.39, 0.29) is 10.7 Å². The molecule has 1 aliphatic heterocycles. The van der Waals surface area contributed by atoms with Gasteiger partial charge in [0.15, 0.2) is 14.5 Å². The number of carbonyl (C=O) groups excluding carboxylic acids is 2. The van der Waals surface area contributed by atoms with E-state index in [1.165, 1.54) is 27.6 Å². The van der Waals surface area contributed by atoms with E-state index in [1.54, 1.807) is 59.9 Å². The predicted molar refractivity (Wildman–Crippen MR) is 170 cm³/mol. The topological polar surface area (TPSA) is 66.7 Å². The van der Waals surface area contributed by atoms with Gasteiger partial charge in [-0.1, -0.05) is 47.5 Å². The molecule has 0 bridgehead atoms. The highest BCUT2D eigenvalue weighted by atomic mass is 35.5. The number of nitrogens with zero attached hydrogens (tertiary/aromatic N) is 3. The molecule has 2 amide bonds. The SMILES string of the molecule is Cc1ccc(N2C(=O)C(=Cc3ccc(Sc4nc5ccccc5s4)o3)C(=O)N(c3ccc(C)c(Cl)c3)C2=S)cc1Cl. The minimum atomic E-state index is -0.592. The van der Waals surface area contributed by atoms with Gasteiger partial charge in [-0.05, 0) is 104 Å². The molecule has 3 aromatic carbocycles. The molecule has 0 spiro atoms. The first-order valence-corrected chi connectivity index (χ1v) is 15.1. The number of halogens is 2. The van der Waals surface area contributed by atoms with Crippen LogP contribution in [-0.4, -0.2) is 21.9 Å². The fourth-order valence-electron chi connectivity index (χ4n) is 4.22. The predicted octanol–water partition coefficient (Wildman–Crippen LogP) is 8.71. The number of carbonyl (C=O) groups is 2. The van der Waals surface area contributed by atoms with E-state index in [2.05, 4.69) is 4.98 Å². The molecule has 6 nitrogen and oxygen atoms in total. The van der Waals surface area contributed by atoms with Crippen LogP contribution in [0, 0.1) is 13.8 Å². The molecule has 0 saturated carbocycles. The van der Waals surface area contributed by atoms with Gasteiger partial charge in [0.2, 0.25) is 0 Å². The standard InChI is InChI=1S/C30H19Cl2N3O3S3/c1-16-7-9-18(13-22(16)31)34-27(36)21(28(37)35(30(34)39)19-10-8-17(2)23(32)14-19)15-20-11-12-26(38-20)41-29-33-24-5-3-4-6-25(24)40-29/h3-15H,1-2H3. The van der Waals surface area contributed by atoms with Gasteiger partial charge in [0.1, 0.15) is 11.3 Å². The smallest absolute Gasteiger partial charge is 0.270 e. The molecule has 0 atom stereocenters. The molecule has 1 saturated heterocycles. The third kappa shape index (κ3) is 5.31. The number of aryl methyl sites for hydroxylation is 2. The van der Waals surface area contributed by atoms with Gasteiger partial charge in [-0.3, -0.25) is 19.4 Å². The van der Waals surface area contributed by atoms with Crippen molar-refractivity contribution < 1.29 is 14.0 Å². The normalized spacial score (nSPS) is 14.0. The number of aromatic nitrogens is 1. The molecule has 204 valence electrons. The minimum Gasteiger partial charge on any atom is -0.450 e. The Balaban J connectivity index is 1.39. The lowest BCUT2D eigenvalue weighted by Gasteiger charge is -2.36. The maximum atomic E-state index is 13.8. The minimum absolute atomic E-state index is 0.0106. The molecular weight excluding hydrogens is 617 g/mol.